The first-order valence-corrected chi connectivity index (χ1v) is 14.4. The molecule has 1 aromatic heterocycles. The van der Waals surface area contributed by atoms with E-state index >= 15 is 0 Å². The Kier molecular flexibility index (Phi) is 9.39. The molecule has 0 aliphatic heterocycles. The molecule has 4 aromatic carbocycles. The van der Waals surface area contributed by atoms with Crippen molar-refractivity contribution in [1.82, 2.24) is 20.1 Å². The van der Waals surface area contributed by atoms with E-state index in [1.807, 2.05) is 89.5 Å². The van der Waals surface area contributed by atoms with Crippen LogP contribution < -0.4 is 10.1 Å². The lowest BCUT2D eigenvalue weighted by molar-refractivity contribution is -0.123. The number of hydrogen-bond donors (Lipinski definition) is 1. The standard InChI is InChI=1S/C31H26Cl2N4O2S/c32-24-16-17-28(26(33)19-24)37-30(35-36-31(37)40-21-23-12-6-2-7-13-23)27(18-22-10-4-1-5-11-22)34-29(38)20-39-25-14-8-3-9-15-25/h1-17,19,27H,18,20-21H2,(H,34,38). The molecule has 0 aliphatic carbocycles. The third-order valence-electron chi connectivity index (χ3n) is 6.06. The number of thioether (sulfide) groups is 1. The Labute approximate surface area is 247 Å². The van der Waals surface area contributed by atoms with Crippen molar-refractivity contribution in [1.29, 1.82) is 0 Å². The minimum atomic E-state index is -0.514. The molecule has 1 unspecified atom stereocenters. The van der Waals surface area contributed by atoms with Gasteiger partial charge in [0.15, 0.2) is 17.6 Å². The molecule has 5 rings (SSSR count). The number of hydrogen-bond acceptors (Lipinski definition) is 5. The zero-order chi connectivity index (χ0) is 27.7. The molecule has 0 radical (unpaired) electrons. The Balaban J connectivity index is 1.49. The average molecular weight is 590 g/mol. The van der Waals surface area contributed by atoms with Crippen LogP contribution in [0.4, 0.5) is 0 Å². The van der Waals surface area contributed by atoms with Crippen LogP contribution in [0.15, 0.2) is 114 Å². The number of halogens is 2. The van der Waals surface area contributed by atoms with Crippen LogP contribution in [0.5, 0.6) is 5.75 Å². The Morgan fingerprint density at radius 3 is 2.17 bits per heavy atom. The Morgan fingerprint density at radius 2 is 1.50 bits per heavy atom. The van der Waals surface area contributed by atoms with E-state index in [0.717, 1.165) is 11.1 Å². The molecule has 0 aliphatic rings. The van der Waals surface area contributed by atoms with Gasteiger partial charge in [-0.05, 0) is 47.9 Å². The second-order valence-electron chi connectivity index (χ2n) is 8.96. The molecule has 1 N–H and O–H groups in total. The van der Waals surface area contributed by atoms with Gasteiger partial charge in [0, 0.05) is 10.8 Å². The zero-order valence-corrected chi connectivity index (χ0v) is 23.7. The molecule has 6 nitrogen and oxygen atoms in total. The molecule has 0 saturated carbocycles. The van der Waals surface area contributed by atoms with Gasteiger partial charge in [-0.15, -0.1) is 10.2 Å². The summed E-state index contributed by atoms with van der Waals surface area (Å²) in [6.45, 7) is -0.138. The van der Waals surface area contributed by atoms with Crippen LogP contribution in [0, 0.1) is 0 Å². The first-order valence-electron chi connectivity index (χ1n) is 12.7. The minimum Gasteiger partial charge on any atom is -0.484 e. The van der Waals surface area contributed by atoms with Crippen LogP contribution >= 0.6 is 35.0 Å². The quantitative estimate of drug-likeness (QED) is 0.163. The van der Waals surface area contributed by atoms with Gasteiger partial charge in [-0.3, -0.25) is 9.36 Å². The summed E-state index contributed by atoms with van der Waals surface area (Å²) in [5.74, 6) is 1.58. The number of nitrogens with zero attached hydrogens (tertiary/aromatic N) is 3. The van der Waals surface area contributed by atoms with Crippen molar-refractivity contribution in [3.63, 3.8) is 0 Å². The maximum atomic E-state index is 13.1. The number of ether oxygens (including phenoxy) is 1. The van der Waals surface area contributed by atoms with E-state index < -0.39 is 6.04 Å². The van der Waals surface area contributed by atoms with Gasteiger partial charge in [0.05, 0.1) is 16.8 Å². The van der Waals surface area contributed by atoms with Crippen molar-refractivity contribution in [2.45, 2.75) is 23.4 Å². The highest BCUT2D eigenvalue weighted by Crippen LogP contribution is 2.33. The molecule has 1 atom stereocenters. The molecule has 0 fully saturated rings. The van der Waals surface area contributed by atoms with Gasteiger partial charge in [-0.2, -0.15) is 0 Å². The van der Waals surface area contributed by atoms with Crippen LogP contribution in [0.2, 0.25) is 10.0 Å². The molecule has 5 aromatic rings. The van der Waals surface area contributed by atoms with Crippen molar-refractivity contribution in [2.24, 2.45) is 0 Å². The zero-order valence-electron chi connectivity index (χ0n) is 21.4. The van der Waals surface area contributed by atoms with Crippen LogP contribution in [-0.2, 0) is 17.0 Å². The summed E-state index contributed by atoms with van der Waals surface area (Å²) in [6.07, 6.45) is 0.491. The normalized spacial score (nSPS) is 11.7. The van der Waals surface area contributed by atoms with Crippen molar-refractivity contribution >= 4 is 40.9 Å². The van der Waals surface area contributed by atoms with E-state index in [4.69, 9.17) is 27.9 Å². The molecule has 202 valence electrons. The molecule has 40 heavy (non-hydrogen) atoms. The summed E-state index contributed by atoms with van der Waals surface area (Å²) in [5.41, 5.74) is 2.86. The molecule has 0 bridgehead atoms. The SMILES string of the molecule is O=C(COc1ccccc1)NC(Cc1ccccc1)c1nnc(SCc2ccccc2)n1-c1ccc(Cl)cc1Cl. The lowest BCUT2D eigenvalue weighted by Gasteiger charge is -2.21. The third-order valence-corrected chi connectivity index (χ3v) is 7.60. The second kappa shape index (κ2) is 13.5. The van der Waals surface area contributed by atoms with Crippen LogP contribution in [0.25, 0.3) is 5.69 Å². The van der Waals surface area contributed by atoms with E-state index in [1.165, 1.54) is 11.8 Å². The van der Waals surface area contributed by atoms with Crippen molar-refractivity contribution < 1.29 is 9.53 Å². The molecular formula is C31H26Cl2N4O2S. The van der Waals surface area contributed by atoms with Gasteiger partial charge in [0.2, 0.25) is 0 Å². The third kappa shape index (κ3) is 7.24. The summed E-state index contributed by atoms with van der Waals surface area (Å²) in [7, 11) is 0. The molecule has 9 heteroatoms. The molecule has 1 amide bonds. The van der Waals surface area contributed by atoms with Gasteiger partial charge in [-0.25, -0.2) is 0 Å². The van der Waals surface area contributed by atoms with Gasteiger partial charge in [0.25, 0.3) is 5.91 Å². The summed E-state index contributed by atoms with van der Waals surface area (Å²) in [4.78, 5) is 13.1. The molecule has 1 heterocycles. The smallest absolute Gasteiger partial charge is 0.258 e. The van der Waals surface area contributed by atoms with Crippen LogP contribution in [-0.4, -0.2) is 27.3 Å². The highest BCUT2D eigenvalue weighted by atomic mass is 35.5. The number of rotatable bonds is 11. The number of para-hydroxylation sites is 1. The van der Waals surface area contributed by atoms with E-state index in [9.17, 15) is 4.79 Å². The monoisotopic (exact) mass is 588 g/mol. The van der Waals surface area contributed by atoms with Gasteiger partial charge < -0.3 is 10.1 Å². The van der Waals surface area contributed by atoms with Gasteiger partial charge in [-0.1, -0.05) is 114 Å². The lowest BCUT2D eigenvalue weighted by Crippen LogP contribution is -2.35. The fraction of sp³-hybridized carbons (Fsp3) is 0.129. The molecular weight excluding hydrogens is 563 g/mol. The maximum absolute atomic E-state index is 13.1. The van der Waals surface area contributed by atoms with Crippen LogP contribution in [0.3, 0.4) is 0 Å². The van der Waals surface area contributed by atoms with Gasteiger partial charge >= 0.3 is 0 Å². The van der Waals surface area contributed by atoms with Crippen molar-refractivity contribution in [2.75, 3.05) is 6.61 Å². The van der Waals surface area contributed by atoms with E-state index in [0.29, 0.717) is 44.6 Å². The highest BCUT2D eigenvalue weighted by Gasteiger charge is 2.26. The number of amides is 1. The lowest BCUT2D eigenvalue weighted by atomic mass is 10.0. The van der Waals surface area contributed by atoms with E-state index in [1.54, 1.807) is 12.1 Å². The molecule has 0 saturated heterocycles. The fourth-order valence-electron chi connectivity index (χ4n) is 4.17. The predicted octanol–water partition coefficient (Wildman–Crippen LogP) is 7.35. The summed E-state index contributed by atoms with van der Waals surface area (Å²) in [6, 6.07) is 34.1. The summed E-state index contributed by atoms with van der Waals surface area (Å²) < 4.78 is 7.60. The topological polar surface area (TPSA) is 69.0 Å². The van der Waals surface area contributed by atoms with E-state index in [2.05, 4.69) is 27.6 Å². The van der Waals surface area contributed by atoms with E-state index in [-0.39, 0.29) is 12.5 Å². The number of carbonyl (C=O) groups is 1. The summed E-state index contributed by atoms with van der Waals surface area (Å²) >= 11 is 14.5. The number of benzene rings is 4. The first-order chi connectivity index (χ1) is 19.6. The van der Waals surface area contributed by atoms with Crippen molar-refractivity contribution in [3.05, 3.63) is 136 Å². The second-order valence-corrected chi connectivity index (χ2v) is 10.7. The molecule has 0 spiro atoms. The largest absolute Gasteiger partial charge is 0.484 e. The number of nitrogens with one attached hydrogen (secondary N) is 1. The average Bonchev–Trinajstić information content (AvgIpc) is 3.40. The number of carbonyl (C=O) groups excluding carboxylic acids is 1. The maximum Gasteiger partial charge on any atom is 0.258 e. The fourth-order valence-corrected chi connectivity index (χ4v) is 5.57. The van der Waals surface area contributed by atoms with Crippen LogP contribution in [0.1, 0.15) is 23.0 Å². The number of aromatic nitrogens is 3. The Morgan fingerprint density at radius 1 is 0.850 bits per heavy atom. The summed E-state index contributed by atoms with van der Waals surface area (Å²) in [5, 5.41) is 13.9. The highest BCUT2D eigenvalue weighted by molar-refractivity contribution is 7.98. The van der Waals surface area contributed by atoms with Crippen molar-refractivity contribution in [3.8, 4) is 11.4 Å². The first kappa shape index (κ1) is 27.8. The Bertz CT molecular complexity index is 1550. The predicted molar refractivity (Wildman–Crippen MR) is 160 cm³/mol. The van der Waals surface area contributed by atoms with Gasteiger partial charge in [0.1, 0.15) is 5.75 Å². The Hall–Kier alpha value is -3.78. The minimum absolute atomic E-state index is 0.138.